The fourth-order valence-electron chi connectivity index (χ4n) is 2.62. The van der Waals surface area contributed by atoms with E-state index in [9.17, 15) is 5.11 Å². The van der Waals surface area contributed by atoms with Gasteiger partial charge in [0.1, 0.15) is 5.75 Å². The Morgan fingerprint density at radius 2 is 1.95 bits per heavy atom. The van der Waals surface area contributed by atoms with Gasteiger partial charge in [-0.05, 0) is 47.9 Å². The highest BCUT2D eigenvalue weighted by Crippen LogP contribution is 2.32. The van der Waals surface area contributed by atoms with Gasteiger partial charge in [0, 0.05) is 17.9 Å². The minimum Gasteiger partial charge on any atom is -0.493 e. The van der Waals surface area contributed by atoms with Crippen LogP contribution in [-0.2, 0) is 18.4 Å². The lowest BCUT2D eigenvalue weighted by molar-refractivity contribution is 0.0575. The van der Waals surface area contributed by atoms with E-state index in [0.717, 1.165) is 29.9 Å². The average Bonchev–Trinajstić information content (AvgIpc) is 2.88. The van der Waals surface area contributed by atoms with E-state index >= 15 is 0 Å². The summed E-state index contributed by atoms with van der Waals surface area (Å²) in [5.41, 5.74) is 2.28. The van der Waals surface area contributed by atoms with Gasteiger partial charge in [0.2, 0.25) is 0 Å². The first kappa shape index (κ1) is 13.5. The summed E-state index contributed by atoms with van der Waals surface area (Å²) >= 11 is 5.89. The van der Waals surface area contributed by atoms with E-state index in [1.165, 1.54) is 5.56 Å². The first-order chi connectivity index (χ1) is 9.54. The molecule has 0 fully saturated rings. The molecule has 1 atom stereocenters. The zero-order chi connectivity index (χ0) is 14.2. The van der Waals surface area contributed by atoms with Gasteiger partial charge in [0.25, 0.3) is 0 Å². The third-order valence-electron chi connectivity index (χ3n) is 3.77. The smallest absolute Gasteiger partial charge is 0.122 e. The molecule has 3 heteroatoms. The summed E-state index contributed by atoms with van der Waals surface area (Å²) in [6.07, 6.45) is 1.48. The van der Waals surface area contributed by atoms with E-state index in [4.69, 9.17) is 16.3 Å². The van der Waals surface area contributed by atoms with Gasteiger partial charge in [0.05, 0.1) is 12.2 Å². The van der Waals surface area contributed by atoms with Crippen molar-refractivity contribution in [2.75, 3.05) is 6.61 Å². The molecular weight excluding hydrogens is 272 g/mol. The maximum absolute atomic E-state index is 10.8. The van der Waals surface area contributed by atoms with E-state index < -0.39 is 5.60 Å². The molecule has 0 bridgehead atoms. The SMILES string of the molecule is CC(O)(Cc1ccc(Cl)cc1)c1ccc2c(c1)CCO2. The van der Waals surface area contributed by atoms with Gasteiger partial charge in [-0.2, -0.15) is 0 Å². The minimum absolute atomic E-state index is 0.559. The van der Waals surface area contributed by atoms with E-state index in [1.807, 2.05) is 43.3 Å². The predicted molar refractivity (Wildman–Crippen MR) is 80.4 cm³/mol. The van der Waals surface area contributed by atoms with E-state index in [1.54, 1.807) is 0 Å². The summed E-state index contributed by atoms with van der Waals surface area (Å²) in [4.78, 5) is 0. The van der Waals surface area contributed by atoms with E-state index in [0.29, 0.717) is 11.4 Å². The number of rotatable bonds is 3. The molecule has 1 unspecified atom stereocenters. The molecule has 0 aromatic heterocycles. The highest BCUT2D eigenvalue weighted by atomic mass is 35.5. The largest absolute Gasteiger partial charge is 0.493 e. The maximum Gasteiger partial charge on any atom is 0.122 e. The molecule has 1 N–H and O–H groups in total. The highest BCUT2D eigenvalue weighted by Gasteiger charge is 2.25. The number of aliphatic hydroxyl groups is 1. The summed E-state index contributed by atoms with van der Waals surface area (Å²) in [5, 5.41) is 11.5. The second kappa shape index (κ2) is 5.12. The molecule has 1 heterocycles. The molecule has 2 aromatic rings. The van der Waals surface area contributed by atoms with Crippen LogP contribution in [0.25, 0.3) is 0 Å². The molecule has 0 saturated heterocycles. The summed E-state index contributed by atoms with van der Waals surface area (Å²) in [5.74, 6) is 0.941. The van der Waals surface area contributed by atoms with Crippen LogP contribution in [0.5, 0.6) is 5.75 Å². The van der Waals surface area contributed by atoms with Crippen molar-refractivity contribution in [1.29, 1.82) is 0 Å². The molecular formula is C17H17ClO2. The maximum atomic E-state index is 10.8. The van der Waals surface area contributed by atoms with Crippen molar-refractivity contribution in [3.63, 3.8) is 0 Å². The van der Waals surface area contributed by atoms with E-state index in [-0.39, 0.29) is 0 Å². The van der Waals surface area contributed by atoms with E-state index in [2.05, 4.69) is 6.07 Å². The predicted octanol–water partition coefficient (Wildman–Crippen LogP) is 3.73. The monoisotopic (exact) mass is 288 g/mol. The number of fused-ring (bicyclic) bond motifs is 1. The zero-order valence-corrected chi connectivity index (χ0v) is 12.2. The third-order valence-corrected chi connectivity index (χ3v) is 4.02. The zero-order valence-electron chi connectivity index (χ0n) is 11.4. The van der Waals surface area contributed by atoms with Crippen LogP contribution >= 0.6 is 11.6 Å². The van der Waals surface area contributed by atoms with Crippen LogP contribution in [-0.4, -0.2) is 11.7 Å². The molecule has 104 valence electrons. The van der Waals surface area contributed by atoms with Crippen molar-refractivity contribution in [1.82, 2.24) is 0 Å². The molecule has 2 nitrogen and oxygen atoms in total. The molecule has 0 aliphatic carbocycles. The molecule has 1 aliphatic heterocycles. The van der Waals surface area contributed by atoms with Crippen LogP contribution < -0.4 is 4.74 Å². The Labute approximate surface area is 124 Å². The van der Waals surface area contributed by atoms with Crippen LogP contribution in [0.4, 0.5) is 0 Å². The molecule has 0 radical (unpaired) electrons. The number of hydrogen-bond acceptors (Lipinski definition) is 2. The van der Waals surface area contributed by atoms with Crippen LogP contribution in [0.15, 0.2) is 42.5 Å². The fourth-order valence-corrected chi connectivity index (χ4v) is 2.75. The molecule has 1 aliphatic rings. The summed E-state index contributed by atoms with van der Waals surface area (Å²) in [6.45, 7) is 2.58. The molecule has 20 heavy (non-hydrogen) atoms. The van der Waals surface area contributed by atoms with Crippen LogP contribution in [0.2, 0.25) is 5.02 Å². The Morgan fingerprint density at radius 3 is 2.70 bits per heavy atom. The molecule has 0 amide bonds. The number of halogens is 1. The summed E-state index contributed by atoms with van der Waals surface area (Å²) in [6, 6.07) is 13.6. The molecule has 3 rings (SSSR count). The average molecular weight is 289 g/mol. The van der Waals surface area contributed by atoms with Crippen molar-refractivity contribution >= 4 is 11.6 Å². The highest BCUT2D eigenvalue weighted by molar-refractivity contribution is 6.30. The summed E-state index contributed by atoms with van der Waals surface area (Å²) < 4.78 is 5.50. The first-order valence-electron chi connectivity index (χ1n) is 6.78. The fraction of sp³-hybridized carbons (Fsp3) is 0.294. The van der Waals surface area contributed by atoms with Gasteiger partial charge in [-0.3, -0.25) is 0 Å². The molecule has 2 aromatic carbocycles. The molecule has 0 saturated carbocycles. The quantitative estimate of drug-likeness (QED) is 0.933. The van der Waals surface area contributed by atoms with Crippen molar-refractivity contribution in [2.24, 2.45) is 0 Å². The van der Waals surface area contributed by atoms with Crippen LogP contribution in [0.1, 0.15) is 23.6 Å². The Morgan fingerprint density at radius 1 is 1.20 bits per heavy atom. The number of hydrogen-bond donors (Lipinski definition) is 1. The second-order valence-corrected chi connectivity index (χ2v) is 5.93. The van der Waals surface area contributed by atoms with Gasteiger partial charge < -0.3 is 9.84 Å². The Bertz CT molecular complexity index is 617. The topological polar surface area (TPSA) is 29.5 Å². The standard InChI is InChI=1S/C17H17ClO2/c1-17(19,11-12-2-5-15(18)6-3-12)14-4-7-16-13(10-14)8-9-20-16/h2-7,10,19H,8-9,11H2,1H3. The van der Waals surface area contributed by atoms with Gasteiger partial charge in [-0.25, -0.2) is 0 Å². The Hall–Kier alpha value is -1.51. The normalized spacial score (nSPS) is 16.4. The van der Waals surface area contributed by atoms with Crippen molar-refractivity contribution in [3.05, 3.63) is 64.2 Å². The minimum atomic E-state index is -0.897. The van der Waals surface area contributed by atoms with Gasteiger partial charge in [-0.1, -0.05) is 29.8 Å². The van der Waals surface area contributed by atoms with Crippen LogP contribution in [0.3, 0.4) is 0 Å². The molecule has 0 spiro atoms. The Kier molecular flexibility index (Phi) is 3.45. The lowest BCUT2D eigenvalue weighted by atomic mass is 9.88. The summed E-state index contributed by atoms with van der Waals surface area (Å²) in [7, 11) is 0. The van der Waals surface area contributed by atoms with Gasteiger partial charge >= 0.3 is 0 Å². The lowest BCUT2D eigenvalue weighted by Crippen LogP contribution is -2.24. The lowest BCUT2D eigenvalue weighted by Gasteiger charge is -2.24. The van der Waals surface area contributed by atoms with Crippen molar-refractivity contribution < 1.29 is 9.84 Å². The van der Waals surface area contributed by atoms with Crippen molar-refractivity contribution in [2.45, 2.75) is 25.4 Å². The third kappa shape index (κ3) is 2.67. The van der Waals surface area contributed by atoms with Crippen molar-refractivity contribution in [3.8, 4) is 5.75 Å². The number of ether oxygens (including phenoxy) is 1. The Balaban J connectivity index is 1.85. The van der Waals surface area contributed by atoms with Gasteiger partial charge in [-0.15, -0.1) is 0 Å². The van der Waals surface area contributed by atoms with Crippen LogP contribution in [0, 0.1) is 0 Å². The second-order valence-electron chi connectivity index (χ2n) is 5.50. The first-order valence-corrected chi connectivity index (χ1v) is 7.15. The number of benzene rings is 2. The van der Waals surface area contributed by atoms with Gasteiger partial charge in [0.15, 0.2) is 0 Å².